The van der Waals surface area contributed by atoms with Gasteiger partial charge in [-0.05, 0) is 6.42 Å². The van der Waals surface area contributed by atoms with Crippen LogP contribution in [0.3, 0.4) is 0 Å². The molecule has 0 aliphatic rings. The predicted molar refractivity (Wildman–Crippen MR) is 25.3 cm³/mol. The van der Waals surface area contributed by atoms with E-state index >= 15 is 0 Å². The average Bonchev–Trinajstić information content (AvgIpc) is 1.67. The van der Waals surface area contributed by atoms with E-state index in [1.807, 2.05) is 0 Å². The standard InChI is InChI=1S/C5H7F3/c1-2-3-4(6)5(7)8/h2-3H2,1H3. The molecule has 0 spiro atoms. The molecule has 48 valence electrons. The molecule has 0 nitrogen and oxygen atoms in total. The van der Waals surface area contributed by atoms with Crippen LogP contribution in [0, 0.1) is 0 Å². The first-order chi connectivity index (χ1) is 3.68. The number of allylic oxidation sites excluding steroid dienone is 1. The van der Waals surface area contributed by atoms with Gasteiger partial charge in [0, 0.05) is 6.42 Å². The van der Waals surface area contributed by atoms with Gasteiger partial charge in [-0.25, -0.2) is 4.39 Å². The Morgan fingerprint density at radius 3 is 1.88 bits per heavy atom. The second-order valence-corrected chi connectivity index (χ2v) is 1.42. The Morgan fingerprint density at radius 1 is 1.25 bits per heavy atom. The van der Waals surface area contributed by atoms with Gasteiger partial charge in [-0.1, -0.05) is 6.92 Å². The molecule has 0 bridgehead atoms. The molecule has 0 aliphatic carbocycles. The van der Waals surface area contributed by atoms with Gasteiger partial charge in [-0.3, -0.25) is 0 Å². The molecule has 0 saturated carbocycles. The molecule has 3 heteroatoms. The zero-order valence-electron chi connectivity index (χ0n) is 4.55. The highest BCUT2D eigenvalue weighted by Gasteiger charge is 2.00. The Labute approximate surface area is 46.0 Å². The van der Waals surface area contributed by atoms with Crippen LogP contribution in [0.15, 0.2) is 11.9 Å². The molecular formula is C5H7F3. The highest BCUT2D eigenvalue weighted by molar-refractivity contribution is 4.90. The van der Waals surface area contributed by atoms with Gasteiger partial charge in [0.25, 0.3) is 0 Å². The smallest absolute Gasteiger partial charge is 0.206 e. The Bertz CT molecular complexity index is 91.8. The summed E-state index contributed by atoms with van der Waals surface area (Å²) < 4.78 is 33.9. The minimum atomic E-state index is -2.19. The van der Waals surface area contributed by atoms with Crippen LogP contribution in [-0.4, -0.2) is 0 Å². The zero-order chi connectivity index (χ0) is 6.57. The molecule has 0 aromatic heterocycles. The molecule has 0 heterocycles. The fourth-order valence-corrected chi connectivity index (χ4v) is 0.314. The summed E-state index contributed by atoms with van der Waals surface area (Å²) in [5, 5.41) is 0. The van der Waals surface area contributed by atoms with Gasteiger partial charge in [-0.2, -0.15) is 8.78 Å². The van der Waals surface area contributed by atoms with Gasteiger partial charge in [0.05, 0.1) is 0 Å². The van der Waals surface area contributed by atoms with E-state index in [-0.39, 0.29) is 6.42 Å². The minimum Gasteiger partial charge on any atom is -0.206 e. The number of rotatable bonds is 2. The number of halogens is 3. The molecule has 0 saturated heterocycles. The van der Waals surface area contributed by atoms with Crippen LogP contribution in [0.5, 0.6) is 0 Å². The summed E-state index contributed by atoms with van der Waals surface area (Å²) in [4.78, 5) is 0. The van der Waals surface area contributed by atoms with E-state index in [9.17, 15) is 13.2 Å². The molecule has 0 amide bonds. The van der Waals surface area contributed by atoms with Gasteiger partial charge in [0.15, 0.2) is 5.83 Å². The normalized spacial score (nSPS) is 9.00. The molecule has 0 radical (unpaired) electrons. The molecule has 0 N–H and O–H groups in total. The van der Waals surface area contributed by atoms with Gasteiger partial charge in [0.1, 0.15) is 0 Å². The Balaban J connectivity index is 3.62. The van der Waals surface area contributed by atoms with Crippen LogP contribution in [0.25, 0.3) is 0 Å². The lowest BCUT2D eigenvalue weighted by Crippen LogP contribution is -1.73. The molecule has 0 atom stereocenters. The molecular weight excluding hydrogens is 117 g/mol. The van der Waals surface area contributed by atoms with Crippen LogP contribution < -0.4 is 0 Å². The third-order valence-corrected chi connectivity index (χ3v) is 0.675. The monoisotopic (exact) mass is 124 g/mol. The first-order valence-corrected chi connectivity index (χ1v) is 2.38. The summed E-state index contributed by atoms with van der Waals surface area (Å²) in [6.45, 7) is 1.64. The number of hydrogen-bond donors (Lipinski definition) is 0. The van der Waals surface area contributed by atoms with Crippen molar-refractivity contribution in [1.29, 1.82) is 0 Å². The molecule has 0 aromatic carbocycles. The molecule has 0 aliphatic heterocycles. The maximum atomic E-state index is 11.7. The lowest BCUT2D eigenvalue weighted by Gasteiger charge is -1.87. The van der Waals surface area contributed by atoms with Crippen LogP contribution >= 0.6 is 0 Å². The summed E-state index contributed by atoms with van der Waals surface area (Å²) in [5.41, 5.74) is 0. The van der Waals surface area contributed by atoms with Crippen molar-refractivity contribution in [2.75, 3.05) is 0 Å². The highest BCUT2D eigenvalue weighted by Crippen LogP contribution is 2.13. The first-order valence-electron chi connectivity index (χ1n) is 2.38. The second kappa shape index (κ2) is 3.52. The van der Waals surface area contributed by atoms with Gasteiger partial charge in [-0.15, -0.1) is 0 Å². The summed E-state index contributed by atoms with van der Waals surface area (Å²) in [6, 6.07) is 0. The van der Waals surface area contributed by atoms with E-state index in [0.717, 1.165) is 0 Å². The summed E-state index contributed by atoms with van der Waals surface area (Å²) in [6.07, 6.45) is -1.92. The van der Waals surface area contributed by atoms with E-state index in [0.29, 0.717) is 6.42 Å². The molecule has 0 rings (SSSR count). The summed E-state index contributed by atoms with van der Waals surface area (Å²) in [7, 11) is 0. The minimum absolute atomic E-state index is 0.150. The Hall–Kier alpha value is -0.470. The third kappa shape index (κ3) is 2.66. The third-order valence-electron chi connectivity index (χ3n) is 0.675. The lowest BCUT2D eigenvalue weighted by molar-refractivity contribution is 0.369. The van der Waals surface area contributed by atoms with E-state index in [2.05, 4.69) is 0 Å². The summed E-state index contributed by atoms with van der Waals surface area (Å²) >= 11 is 0. The largest absolute Gasteiger partial charge is 0.301 e. The van der Waals surface area contributed by atoms with E-state index in [4.69, 9.17) is 0 Å². The van der Waals surface area contributed by atoms with Crippen molar-refractivity contribution >= 4 is 0 Å². The van der Waals surface area contributed by atoms with Crippen molar-refractivity contribution in [3.8, 4) is 0 Å². The van der Waals surface area contributed by atoms with Crippen LogP contribution in [0.1, 0.15) is 19.8 Å². The van der Waals surface area contributed by atoms with Crippen molar-refractivity contribution in [2.24, 2.45) is 0 Å². The predicted octanol–water partition coefficient (Wildman–Crippen LogP) is 2.86. The van der Waals surface area contributed by atoms with Crippen molar-refractivity contribution in [1.82, 2.24) is 0 Å². The Morgan fingerprint density at radius 2 is 1.75 bits per heavy atom. The average molecular weight is 124 g/mol. The van der Waals surface area contributed by atoms with Gasteiger partial charge >= 0.3 is 6.08 Å². The van der Waals surface area contributed by atoms with Crippen molar-refractivity contribution in [3.05, 3.63) is 11.9 Å². The molecule has 0 aromatic rings. The van der Waals surface area contributed by atoms with E-state index in [1.54, 1.807) is 6.92 Å². The van der Waals surface area contributed by atoms with Crippen LogP contribution in [0.4, 0.5) is 13.2 Å². The molecule has 0 unspecified atom stereocenters. The topological polar surface area (TPSA) is 0 Å². The Kier molecular flexibility index (Phi) is 3.31. The zero-order valence-corrected chi connectivity index (χ0v) is 4.55. The quantitative estimate of drug-likeness (QED) is 0.531. The fraction of sp³-hybridized carbons (Fsp3) is 0.600. The molecule has 0 fully saturated rings. The highest BCUT2D eigenvalue weighted by atomic mass is 19.3. The maximum Gasteiger partial charge on any atom is 0.301 e. The summed E-state index contributed by atoms with van der Waals surface area (Å²) in [5.74, 6) is -1.28. The second-order valence-electron chi connectivity index (χ2n) is 1.42. The van der Waals surface area contributed by atoms with Crippen molar-refractivity contribution < 1.29 is 13.2 Å². The maximum absolute atomic E-state index is 11.7. The fourth-order valence-electron chi connectivity index (χ4n) is 0.314. The van der Waals surface area contributed by atoms with Crippen molar-refractivity contribution in [2.45, 2.75) is 19.8 Å². The first kappa shape index (κ1) is 7.53. The van der Waals surface area contributed by atoms with Gasteiger partial charge < -0.3 is 0 Å². The van der Waals surface area contributed by atoms with Gasteiger partial charge in [0.2, 0.25) is 0 Å². The number of hydrogen-bond acceptors (Lipinski definition) is 0. The van der Waals surface area contributed by atoms with E-state index < -0.39 is 11.9 Å². The lowest BCUT2D eigenvalue weighted by atomic mass is 10.3. The van der Waals surface area contributed by atoms with Crippen LogP contribution in [-0.2, 0) is 0 Å². The van der Waals surface area contributed by atoms with E-state index in [1.165, 1.54) is 0 Å². The van der Waals surface area contributed by atoms with Crippen LogP contribution in [0.2, 0.25) is 0 Å². The SMILES string of the molecule is CCCC(F)=C(F)F. The van der Waals surface area contributed by atoms with Crippen molar-refractivity contribution in [3.63, 3.8) is 0 Å². The molecule has 8 heavy (non-hydrogen) atoms.